The van der Waals surface area contributed by atoms with Crippen molar-refractivity contribution in [1.29, 1.82) is 0 Å². The summed E-state index contributed by atoms with van der Waals surface area (Å²) in [5.74, 6) is 0.203. The third-order valence-corrected chi connectivity index (χ3v) is 3.15. The minimum atomic E-state index is -0.305. The van der Waals surface area contributed by atoms with E-state index in [1.807, 2.05) is 0 Å². The summed E-state index contributed by atoms with van der Waals surface area (Å²) in [4.78, 5) is 12.9. The average molecular weight is 326 g/mol. The Morgan fingerprint density at radius 1 is 1.43 bits per heavy atom. The number of unbranched alkanes of at least 4 members (excludes halogenated alkanes) is 1. The van der Waals surface area contributed by atoms with E-state index in [0.717, 1.165) is 6.42 Å². The molecule has 0 saturated carbocycles. The number of hydrogen-bond donors (Lipinski definition) is 1. The predicted octanol–water partition coefficient (Wildman–Crippen LogP) is 2.59. The number of aliphatic hydroxyl groups is 1. The van der Waals surface area contributed by atoms with E-state index >= 15 is 0 Å². The maximum absolute atomic E-state index is 11.3. The number of cyclic esters (lactones) is 1. The predicted molar refractivity (Wildman–Crippen MR) is 60.0 cm³/mol. The van der Waals surface area contributed by atoms with E-state index in [9.17, 15) is 4.79 Å². The van der Waals surface area contributed by atoms with Gasteiger partial charge in [-0.1, -0.05) is 15.9 Å². The van der Waals surface area contributed by atoms with Gasteiger partial charge >= 0.3 is 5.97 Å². The van der Waals surface area contributed by atoms with Gasteiger partial charge in [0.15, 0.2) is 5.76 Å². The highest BCUT2D eigenvalue weighted by Crippen LogP contribution is 2.34. The lowest BCUT2D eigenvalue weighted by atomic mass is 10.1. The summed E-state index contributed by atoms with van der Waals surface area (Å²) in [5, 5.41) is 8.61. The molecule has 0 radical (unpaired) electrons. The highest BCUT2D eigenvalue weighted by atomic mass is 79.9. The molecule has 0 aromatic rings. The maximum Gasteiger partial charge on any atom is 0.340 e. The summed E-state index contributed by atoms with van der Waals surface area (Å²) in [6, 6.07) is 0. The molecule has 1 N–H and O–H groups in total. The average Bonchev–Trinajstić information content (AvgIpc) is 2.45. The third-order valence-electron chi connectivity index (χ3n) is 1.86. The standard InChI is InChI=1S/C9H10Br2O3/c10-5-7-8(11)6(9(13)14-7)3-1-2-4-12/h5,12H,1-4H2. The Hall–Kier alpha value is -0.130. The maximum atomic E-state index is 11.3. The molecule has 0 amide bonds. The van der Waals surface area contributed by atoms with E-state index in [-0.39, 0.29) is 12.6 Å². The van der Waals surface area contributed by atoms with Crippen LogP contribution in [0.4, 0.5) is 0 Å². The number of carbonyl (C=O) groups is 1. The number of hydrogen-bond acceptors (Lipinski definition) is 3. The molecule has 1 heterocycles. The van der Waals surface area contributed by atoms with Gasteiger partial charge in [-0.05, 0) is 35.2 Å². The minimum absolute atomic E-state index is 0.154. The van der Waals surface area contributed by atoms with Crippen molar-refractivity contribution < 1.29 is 14.6 Å². The molecule has 0 aliphatic carbocycles. The normalized spacial score (nSPS) is 19.4. The summed E-state index contributed by atoms with van der Waals surface area (Å²) in [5.41, 5.74) is 0.643. The summed E-state index contributed by atoms with van der Waals surface area (Å²) >= 11 is 6.41. The van der Waals surface area contributed by atoms with Crippen molar-refractivity contribution in [2.45, 2.75) is 19.3 Å². The fourth-order valence-electron chi connectivity index (χ4n) is 1.14. The zero-order valence-electron chi connectivity index (χ0n) is 7.43. The first-order valence-corrected chi connectivity index (χ1v) is 5.94. The zero-order chi connectivity index (χ0) is 10.6. The second kappa shape index (κ2) is 5.68. The number of allylic oxidation sites excluding steroid dienone is 1. The Morgan fingerprint density at radius 3 is 2.64 bits per heavy atom. The van der Waals surface area contributed by atoms with Gasteiger partial charge in [0.25, 0.3) is 0 Å². The molecule has 78 valence electrons. The SMILES string of the molecule is O=C1OC(=CBr)C(Br)=C1CCCCO. The van der Waals surface area contributed by atoms with E-state index in [2.05, 4.69) is 31.9 Å². The van der Waals surface area contributed by atoms with Crippen LogP contribution in [-0.2, 0) is 9.53 Å². The van der Waals surface area contributed by atoms with Crippen LogP contribution in [0.2, 0.25) is 0 Å². The van der Waals surface area contributed by atoms with Crippen molar-refractivity contribution in [1.82, 2.24) is 0 Å². The molecular formula is C9H10Br2O3. The van der Waals surface area contributed by atoms with E-state index in [4.69, 9.17) is 9.84 Å². The number of rotatable bonds is 4. The molecule has 1 rings (SSSR count). The van der Waals surface area contributed by atoms with Crippen molar-refractivity contribution in [2.24, 2.45) is 0 Å². The molecule has 0 saturated heterocycles. The molecule has 0 spiro atoms. The Bertz CT molecular complexity index is 294. The van der Waals surface area contributed by atoms with Crippen molar-refractivity contribution in [3.63, 3.8) is 0 Å². The van der Waals surface area contributed by atoms with Crippen LogP contribution in [0.25, 0.3) is 0 Å². The molecular weight excluding hydrogens is 316 g/mol. The van der Waals surface area contributed by atoms with Gasteiger partial charge in [0.05, 0.1) is 10.1 Å². The van der Waals surface area contributed by atoms with E-state index in [1.165, 1.54) is 0 Å². The lowest BCUT2D eigenvalue weighted by molar-refractivity contribution is -0.133. The highest BCUT2D eigenvalue weighted by Gasteiger charge is 2.27. The Kier molecular flexibility index (Phi) is 4.84. The monoisotopic (exact) mass is 324 g/mol. The number of halogens is 2. The summed E-state index contributed by atoms with van der Waals surface area (Å²) in [6.07, 6.45) is 2.11. The number of carbonyl (C=O) groups excluding carboxylic acids is 1. The second-order valence-corrected chi connectivity index (χ2v) is 4.09. The van der Waals surface area contributed by atoms with Crippen LogP contribution >= 0.6 is 31.9 Å². The van der Waals surface area contributed by atoms with Gasteiger partial charge < -0.3 is 9.84 Å². The van der Waals surface area contributed by atoms with Crippen LogP contribution in [0.5, 0.6) is 0 Å². The van der Waals surface area contributed by atoms with Crippen LogP contribution in [0.1, 0.15) is 19.3 Å². The fraction of sp³-hybridized carbons (Fsp3) is 0.444. The molecule has 0 aromatic carbocycles. The molecule has 3 nitrogen and oxygen atoms in total. The Balaban J connectivity index is 2.65. The Morgan fingerprint density at radius 2 is 2.14 bits per heavy atom. The first-order valence-electron chi connectivity index (χ1n) is 4.23. The molecule has 1 aliphatic heterocycles. The van der Waals surface area contributed by atoms with Crippen LogP contribution in [-0.4, -0.2) is 17.7 Å². The van der Waals surface area contributed by atoms with Gasteiger partial charge in [-0.25, -0.2) is 4.79 Å². The van der Waals surface area contributed by atoms with Crippen molar-refractivity contribution in [2.75, 3.05) is 6.61 Å². The van der Waals surface area contributed by atoms with Crippen molar-refractivity contribution in [3.8, 4) is 0 Å². The topological polar surface area (TPSA) is 46.5 Å². The molecule has 1 aliphatic rings. The molecule has 0 aromatic heterocycles. The van der Waals surface area contributed by atoms with E-state index < -0.39 is 0 Å². The molecule has 14 heavy (non-hydrogen) atoms. The summed E-state index contributed by atoms with van der Waals surface area (Å²) < 4.78 is 5.66. The van der Waals surface area contributed by atoms with Gasteiger partial charge in [-0.3, -0.25) is 0 Å². The van der Waals surface area contributed by atoms with E-state index in [0.29, 0.717) is 28.7 Å². The minimum Gasteiger partial charge on any atom is -0.421 e. The summed E-state index contributed by atoms with van der Waals surface area (Å²) in [7, 11) is 0. The quantitative estimate of drug-likeness (QED) is 0.638. The van der Waals surface area contributed by atoms with Crippen molar-refractivity contribution >= 4 is 37.8 Å². The van der Waals surface area contributed by atoms with Gasteiger partial charge in [0, 0.05) is 11.6 Å². The third kappa shape index (κ3) is 2.68. The van der Waals surface area contributed by atoms with Crippen LogP contribution < -0.4 is 0 Å². The summed E-state index contributed by atoms with van der Waals surface area (Å²) in [6.45, 7) is 0.154. The molecule has 0 fully saturated rings. The van der Waals surface area contributed by atoms with E-state index in [1.54, 1.807) is 4.99 Å². The molecule has 0 unspecified atom stereocenters. The molecule has 0 atom stereocenters. The van der Waals surface area contributed by atoms with Gasteiger partial charge in [-0.15, -0.1) is 0 Å². The molecule has 0 bridgehead atoms. The largest absolute Gasteiger partial charge is 0.421 e. The first-order chi connectivity index (χ1) is 6.70. The molecule has 5 heteroatoms. The van der Waals surface area contributed by atoms with Crippen LogP contribution in [0, 0.1) is 0 Å². The highest BCUT2D eigenvalue weighted by molar-refractivity contribution is 9.12. The second-order valence-electron chi connectivity index (χ2n) is 2.84. The number of ether oxygens (including phenoxy) is 1. The smallest absolute Gasteiger partial charge is 0.340 e. The van der Waals surface area contributed by atoms with Crippen molar-refractivity contribution in [3.05, 3.63) is 20.8 Å². The number of aliphatic hydroxyl groups excluding tert-OH is 1. The fourth-order valence-corrected chi connectivity index (χ4v) is 2.33. The Labute approximate surface area is 99.1 Å². The van der Waals surface area contributed by atoms with Crippen LogP contribution in [0.3, 0.4) is 0 Å². The van der Waals surface area contributed by atoms with Gasteiger partial charge in [0.1, 0.15) is 0 Å². The number of esters is 1. The van der Waals surface area contributed by atoms with Crippen LogP contribution in [0.15, 0.2) is 20.8 Å². The zero-order valence-corrected chi connectivity index (χ0v) is 10.6. The van der Waals surface area contributed by atoms with Gasteiger partial charge in [-0.2, -0.15) is 0 Å². The first kappa shape index (κ1) is 11.9. The lowest BCUT2D eigenvalue weighted by Crippen LogP contribution is -1.99. The lowest BCUT2D eigenvalue weighted by Gasteiger charge is -1.97. The van der Waals surface area contributed by atoms with Gasteiger partial charge in [0.2, 0.25) is 0 Å².